The van der Waals surface area contributed by atoms with E-state index in [0.29, 0.717) is 17.5 Å². The van der Waals surface area contributed by atoms with Gasteiger partial charge in [0.15, 0.2) is 18.1 Å². The molecule has 0 spiro atoms. The Bertz CT molecular complexity index is 566. The average molecular weight is 332 g/mol. The summed E-state index contributed by atoms with van der Waals surface area (Å²) in [6.07, 6.45) is 4.87. The molecule has 132 valence electrons. The van der Waals surface area contributed by atoms with Gasteiger partial charge in [0.1, 0.15) is 0 Å². The molecule has 2 aliphatic rings. The number of carbonyl (C=O) groups is 1. The number of hydrogen-bond donors (Lipinski definition) is 1. The van der Waals surface area contributed by atoms with Gasteiger partial charge in [-0.2, -0.15) is 0 Å². The number of hydrogen-bond acceptors (Lipinski definition) is 4. The van der Waals surface area contributed by atoms with Gasteiger partial charge in [0.2, 0.25) is 0 Å². The van der Waals surface area contributed by atoms with E-state index in [0.717, 1.165) is 44.0 Å². The average Bonchev–Trinajstić information content (AvgIpc) is 3.32. The van der Waals surface area contributed by atoms with E-state index in [1.807, 2.05) is 23.1 Å². The van der Waals surface area contributed by atoms with Crippen LogP contribution in [0.4, 0.5) is 0 Å². The Morgan fingerprint density at radius 3 is 2.71 bits per heavy atom. The number of carbonyl (C=O) groups excluding carboxylic acids is 1. The standard InChI is InChI=1S/C19H28N2O3/c1-14(16-6-7-16)20-12-15-5-8-17(18(11-15)23-2)24-13-19(22)21-9-3-4-10-21/h5,8,11,14,16,20H,3-4,6-7,9-10,12-13H2,1-2H3/t14-/m0/s1. The maximum atomic E-state index is 12.1. The van der Waals surface area contributed by atoms with Crippen molar-refractivity contribution in [2.75, 3.05) is 26.8 Å². The highest BCUT2D eigenvalue weighted by Gasteiger charge is 2.27. The second-order valence-corrected chi connectivity index (χ2v) is 6.87. The van der Waals surface area contributed by atoms with Crippen molar-refractivity contribution < 1.29 is 14.3 Å². The number of rotatable bonds is 8. The van der Waals surface area contributed by atoms with Crippen LogP contribution in [0.25, 0.3) is 0 Å². The van der Waals surface area contributed by atoms with Gasteiger partial charge in [0, 0.05) is 25.7 Å². The van der Waals surface area contributed by atoms with Crippen LogP contribution in [0.1, 0.15) is 38.2 Å². The number of benzene rings is 1. The smallest absolute Gasteiger partial charge is 0.260 e. The predicted octanol–water partition coefficient (Wildman–Crippen LogP) is 2.58. The van der Waals surface area contributed by atoms with E-state index in [-0.39, 0.29) is 12.5 Å². The highest BCUT2D eigenvalue weighted by molar-refractivity contribution is 5.78. The number of methoxy groups -OCH3 is 1. The van der Waals surface area contributed by atoms with Gasteiger partial charge in [0.05, 0.1) is 7.11 Å². The fourth-order valence-corrected chi connectivity index (χ4v) is 3.18. The van der Waals surface area contributed by atoms with Crippen LogP contribution >= 0.6 is 0 Å². The van der Waals surface area contributed by atoms with Gasteiger partial charge in [-0.05, 0) is 56.2 Å². The van der Waals surface area contributed by atoms with Crippen molar-refractivity contribution in [1.82, 2.24) is 10.2 Å². The van der Waals surface area contributed by atoms with Crippen molar-refractivity contribution in [1.29, 1.82) is 0 Å². The van der Waals surface area contributed by atoms with Gasteiger partial charge in [-0.15, -0.1) is 0 Å². The Hall–Kier alpha value is -1.75. The normalized spacial score (nSPS) is 18.5. The van der Waals surface area contributed by atoms with Gasteiger partial charge in [-0.25, -0.2) is 0 Å². The van der Waals surface area contributed by atoms with Crippen LogP contribution in [-0.4, -0.2) is 43.7 Å². The first-order valence-electron chi connectivity index (χ1n) is 8.98. The lowest BCUT2D eigenvalue weighted by molar-refractivity contribution is -0.132. The lowest BCUT2D eigenvalue weighted by atomic mass is 10.1. The van der Waals surface area contributed by atoms with Crippen LogP contribution in [0.3, 0.4) is 0 Å². The Morgan fingerprint density at radius 1 is 1.29 bits per heavy atom. The topological polar surface area (TPSA) is 50.8 Å². The van der Waals surface area contributed by atoms with E-state index < -0.39 is 0 Å². The third-order valence-corrected chi connectivity index (χ3v) is 5.00. The second kappa shape index (κ2) is 7.88. The molecule has 1 saturated carbocycles. The van der Waals surface area contributed by atoms with Gasteiger partial charge in [-0.3, -0.25) is 4.79 Å². The van der Waals surface area contributed by atoms with E-state index in [1.165, 1.54) is 12.8 Å². The summed E-state index contributed by atoms with van der Waals surface area (Å²) in [6.45, 7) is 4.84. The molecule has 1 amide bonds. The molecule has 3 rings (SSSR count). The van der Waals surface area contributed by atoms with Gasteiger partial charge in [-0.1, -0.05) is 6.07 Å². The number of amides is 1. The Labute approximate surface area is 144 Å². The van der Waals surface area contributed by atoms with E-state index >= 15 is 0 Å². The SMILES string of the molecule is COc1cc(CN[C@@H](C)C2CC2)ccc1OCC(=O)N1CCCC1. The van der Waals surface area contributed by atoms with E-state index in [1.54, 1.807) is 7.11 Å². The number of nitrogens with one attached hydrogen (secondary N) is 1. The maximum absolute atomic E-state index is 12.1. The number of likely N-dealkylation sites (tertiary alicyclic amines) is 1. The summed E-state index contributed by atoms with van der Waals surface area (Å²) in [5.41, 5.74) is 1.16. The Morgan fingerprint density at radius 2 is 2.04 bits per heavy atom. The summed E-state index contributed by atoms with van der Waals surface area (Å²) in [6, 6.07) is 6.48. The molecule has 5 heteroatoms. The van der Waals surface area contributed by atoms with E-state index in [4.69, 9.17) is 9.47 Å². The van der Waals surface area contributed by atoms with Crippen LogP contribution < -0.4 is 14.8 Å². The third-order valence-electron chi connectivity index (χ3n) is 5.00. The molecule has 5 nitrogen and oxygen atoms in total. The molecular formula is C19H28N2O3. The Balaban J connectivity index is 1.53. The quantitative estimate of drug-likeness (QED) is 0.795. The first-order chi connectivity index (χ1) is 11.7. The zero-order valence-electron chi connectivity index (χ0n) is 14.7. The third kappa shape index (κ3) is 4.41. The largest absolute Gasteiger partial charge is 0.493 e. The van der Waals surface area contributed by atoms with E-state index in [2.05, 4.69) is 12.2 Å². The van der Waals surface area contributed by atoms with Crippen molar-refractivity contribution in [3.63, 3.8) is 0 Å². The molecule has 1 aromatic carbocycles. The fraction of sp³-hybridized carbons (Fsp3) is 0.632. The first-order valence-corrected chi connectivity index (χ1v) is 8.98. The van der Waals surface area contributed by atoms with Crippen molar-refractivity contribution in [3.05, 3.63) is 23.8 Å². The monoisotopic (exact) mass is 332 g/mol. The second-order valence-electron chi connectivity index (χ2n) is 6.87. The van der Waals surface area contributed by atoms with Crippen molar-refractivity contribution in [2.24, 2.45) is 5.92 Å². The Kier molecular flexibility index (Phi) is 5.61. The molecule has 1 aliphatic carbocycles. The lowest BCUT2D eigenvalue weighted by Gasteiger charge is -2.17. The first kappa shape index (κ1) is 17.1. The van der Waals surface area contributed by atoms with Crippen LogP contribution in [0.2, 0.25) is 0 Å². The van der Waals surface area contributed by atoms with Gasteiger partial charge < -0.3 is 19.7 Å². The number of nitrogens with zero attached hydrogens (tertiary/aromatic N) is 1. The highest BCUT2D eigenvalue weighted by atomic mass is 16.5. The minimum absolute atomic E-state index is 0.0542. The molecule has 1 saturated heterocycles. The van der Waals surface area contributed by atoms with Crippen molar-refractivity contribution >= 4 is 5.91 Å². The minimum atomic E-state index is 0.0542. The number of ether oxygens (including phenoxy) is 2. The highest BCUT2D eigenvalue weighted by Crippen LogP contribution is 2.33. The summed E-state index contributed by atoms with van der Waals surface area (Å²) in [5.74, 6) is 2.20. The van der Waals surface area contributed by atoms with Crippen LogP contribution in [0.15, 0.2) is 18.2 Å². The minimum Gasteiger partial charge on any atom is -0.493 e. The van der Waals surface area contributed by atoms with Crippen molar-refractivity contribution in [2.45, 2.75) is 45.2 Å². The molecule has 1 atom stereocenters. The zero-order chi connectivity index (χ0) is 16.9. The predicted molar refractivity (Wildman–Crippen MR) is 93.3 cm³/mol. The molecule has 1 aromatic rings. The summed E-state index contributed by atoms with van der Waals surface area (Å²) < 4.78 is 11.1. The molecular weight excluding hydrogens is 304 g/mol. The van der Waals surface area contributed by atoms with Crippen LogP contribution in [0.5, 0.6) is 11.5 Å². The summed E-state index contributed by atoms with van der Waals surface area (Å²) >= 11 is 0. The van der Waals surface area contributed by atoms with E-state index in [9.17, 15) is 4.79 Å². The lowest BCUT2D eigenvalue weighted by Crippen LogP contribution is -2.32. The summed E-state index contributed by atoms with van der Waals surface area (Å²) in [4.78, 5) is 13.9. The molecule has 0 unspecified atom stereocenters. The van der Waals surface area contributed by atoms with Gasteiger partial charge >= 0.3 is 0 Å². The van der Waals surface area contributed by atoms with Crippen molar-refractivity contribution in [3.8, 4) is 11.5 Å². The maximum Gasteiger partial charge on any atom is 0.260 e. The molecule has 24 heavy (non-hydrogen) atoms. The molecule has 0 aromatic heterocycles. The molecule has 1 N–H and O–H groups in total. The van der Waals surface area contributed by atoms with Gasteiger partial charge in [0.25, 0.3) is 5.91 Å². The molecule has 0 bridgehead atoms. The molecule has 0 radical (unpaired) electrons. The van der Waals surface area contributed by atoms with Crippen LogP contribution in [0, 0.1) is 5.92 Å². The van der Waals surface area contributed by atoms with Crippen LogP contribution in [-0.2, 0) is 11.3 Å². The fourth-order valence-electron chi connectivity index (χ4n) is 3.18. The zero-order valence-corrected chi connectivity index (χ0v) is 14.7. The summed E-state index contributed by atoms with van der Waals surface area (Å²) in [5, 5.41) is 3.56. The molecule has 1 heterocycles. The molecule has 1 aliphatic heterocycles. The molecule has 2 fully saturated rings. The summed E-state index contributed by atoms with van der Waals surface area (Å²) in [7, 11) is 1.63.